The van der Waals surface area contributed by atoms with Crippen LogP contribution in [0.4, 0.5) is 17.1 Å². The highest BCUT2D eigenvalue weighted by Crippen LogP contribution is 2.50. The zero-order valence-electron chi connectivity index (χ0n) is 15.4. The van der Waals surface area contributed by atoms with Gasteiger partial charge < -0.3 is 4.90 Å². The molecule has 0 saturated carbocycles. The van der Waals surface area contributed by atoms with Gasteiger partial charge in [-0.25, -0.2) is 0 Å². The minimum absolute atomic E-state index is 0.0269. The summed E-state index contributed by atoms with van der Waals surface area (Å²) in [4.78, 5) is 17.5. The highest BCUT2D eigenvalue weighted by Gasteiger charge is 2.24. The highest BCUT2D eigenvalue weighted by atomic mass is 79.9. The fraction of sp³-hybridized carbons (Fsp3) is 0. The zero-order chi connectivity index (χ0) is 19.8. The number of para-hydroxylation sites is 2. The Kier molecular flexibility index (Phi) is 4.74. The van der Waals surface area contributed by atoms with Gasteiger partial charge in [-0.05, 0) is 72.8 Å². The molecule has 29 heavy (non-hydrogen) atoms. The molecule has 0 unspecified atom stereocenters. The number of carbonyl (C=O) groups excluding carboxylic acids is 1. The second-order valence-electron chi connectivity index (χ2n) is 6.76. The van der Waals surface area contributed by atoms with Gasteiger partial charge in [0, 0.05) is 31.1 Å². The summed E-state index contributed by atoms with van der Waals surface area (Å²) in [5.41, 5.74) is 4.72. The monoisotopic (exact) mass is 457 g/mol. The van der Waals surface area contributed by atoms with E-state index in [4.69, 9.17) is 0 Å². The molecule has 1 aliphatic heterocycles. The van der Waals surface area contributed by atoms with Crippen LogP contribution in [0.2, 0.25) is 0 Å². The summed E-state index contributed by atoms with van der Waals surface area (Å²) in [6, 6.07) is 32.2. The number of benzene rings is 4. The summed E-state index contributed by atoms with van der Waals surface area (Å²) in [5, 5.41) is 0. The molecule has 0 amide bonds. The van der Waals surface area contributed by atoms with Crippen LogP contribution < -0.4 is 4.90 Å². The van der Waals surface area contributed by atoms with Gasteiger partial charge in [0.15, 0.2) is 5.78 Å². The molecule has 0 bridgehead atoms. The van der Waals surface area contributed by atoms with E-state index in [0.29, 0.717) is 11.1 Å². The molecular weight excluding hydrogens is 442 g/mol. The largest absolute Gasteiger partial charge is 0.308 e. The van der Waals surface area contributed by atoms with E-state index >= 15 is 0 Å². The van der Waals surface area contributed by atoms with E-state index in [1.807, 2.05) is 48.5 Å². The van der Waals surface area contributed by atoms with E-state index < -0.39 is 0 Å². The fourth-order valence-corrected chi connectivity index (χ4v) is 4.83. The maximum atomic E-state index is 12.8. The molecule has 4 aromatic rings. The predicted molar refractivity (Wildman–Crippen MR) is 123 cm³/mol. The molecule has 0 saturated heterocycles. The Morgan fingerprint density at radius 3 is 1.69 bits per heavy atom. The average molecular weight is 458 g/mol. The van der Waals surface area contributed by atoms with Gasteiger partial charge in [0.2, 0.25) is 0 Å². The second-order valence-corrected chi connectivity index (χ2v) is 8.76. The number of hydrogen-bond acceptors (Lipinski definition) is 3. The highest BCUT2D eigenvalue weighted by molar-refractivity contribution is 9.10. The number of ketones is 1. The molecule has 1 aliphatic rings. The SMILES string of the molecule is O=C(c1ccc(Br)cc1)c1ccc(N2c3ccccc3Sc3ccccc32)cc1. The van der Waals surface area contributed by atoms with Gasteiger partial charge in [-0.1, -0.05) is 52.0 Å². The third kappa shape index (κ3) is 3.39. The van der Waals surface area contributed by atoms with E-state index in [1.165, 1.54) is 9.79 Å². The van der Waals surface area contributed by atoms with Gasteiger partial charge in [0.1, 0.15) is 0 Å². The van der Waals surface area contributed by atoms with E-state index in [2.05, 4.69) is 69.4 Å². The maximum absolute atomic E-state index is 12.8. The molecular formula is C25H16BrNOS. The number of carbonyl (C=O) groups is 1. The van der Waals surface area contributed by atoms with Gasteiger partial charge >= 0.3 is 0 Å². The van der Waals surface area contributed by atoms with Crippen molar-refractivity contribution < 1.29 is 4.79 Å². The summed E-state index contributed by atoms with van der Waals surface area (Å²) < 4.78 is 0.963. The minimum atomic E-state index is 0.0269. The van der Waals surface area contributed by atoms with E-state index in [1.54, 1.807) is 11.8 Å². The Morgan fingerprint density at radius 2 is 1.14 bits per heavy atom. The van der Waals surface area contributed by atoms with Crippen LogP contribution in [0.15, 0.2) is 111 Å². The summed E-state index contributed by atoms with van der Waals surface area (Å²) in [6.07, 6.45) is 0. The number of hydrogen-bond donors (Lipinski definition) is 0. The lowest BCUT2D eigenvalue weighted by molar-refractivity contribution is 0.103. The number of halogens is 1. The molecule has 0 aromatic heterocycles. The van der Waals surface area contributed by atoms with Gasteiger partial charge in [0.05, 0.1) is 11.4 Å². The van der Waals surface area contributed by atoms with E-state index in [-0.39, 0.29) is 5.78 Å². The van der Waals surface area contributed by atoms with Crippen molar-refractivity contribution in [2.75, 3.05) is 4.90 Å². The Hall–Kier alpha value is -2.82. The number of nitrogens with zero attached hydrogens (tertiary/aromatic N) is 1. The Labute approximate surface area is 182 Å². The summed E-state index contributed by atoms with van der Waals surface area (Å²) >= 11 is 5.20. The molecule has 140 valence electrons. The quantitative estimate of drug-likeness (QED) is 0.260. The fourth-order valence-electron chi connectivity index (χ4n) is 3.51. The molecule has 4 aromatic carbocycles. The lowest BCUT2D eigenvalue weighted by Gasteiger charge is -2.32. The maximum Gasteiger partial charge on any atom is 0.193 e. The molecule has 0 aliphatic carbocycles. The lowest BCUT2D eigenvalue weighted by atomic mass is 10.0. The van der Waals surface area contributed by atoms with E-state index in [9.17, 15) is 4.79 Å². The number of anilines is 3. The van der Waals surface area contributed by atoms with Crippen molar-refractivity contribution in [3.63, 3.8) is 0 Å². The molecule has 5 rings (SSSR count). The third-order valence-electron chi connectivity index (χ3n) is 4.93. The van der Waals surface area contributed by atoms with Crippen molar-refractivity contribution >= 4 is 50.5 Å². The first kappa shape index (κ1) is 18.2. The van der Waals surface area contributed by atoms with Crippen LogP contribution in [0.5, 0.6) is 0 Å². The van der Waals surface area contributed by atoms with Gasteiger partial charge in [-0.2, -0.15) is 0 Å². The normalized spacial score (nSPS) is 12.2. The van der Waals surface area contributed by atoms with Crippen molar-refractivity contribution in [3.05, 3.63) is 113 Å². The van der Waals surface area contributed by atoms with Crippen LogP contribution in [0.25, 0.3) is 0 Å². The van der Waals surface area contributed by atoms with Gasteiger partial charge in [-0.15, -0.1) is 0 Å². The second kappa shape index (κ2) is 7.54. The van der Waals surface area contributed by atoms with Crippen molar-refractivity contribution in [2.24, 2.45) is 0 Å². The standard InChI is InChI=1S/C25H16BrNOS/c26-19-13-9-17(10-14-19)25(28)18-11-15-20(16-12-18)27-21-5-1-3-7-23(21)29-24-8-4-2-6-22(24)27/h1-16H. The lowest BCUT2D eigenvalue weighted by Crippen LogP contribution is -2.14. The first-order chi connectivity index (χ1) is 14.2. The van der Waals surface area contributed by atoms with Gasteiger partial charge in [-0.3, -0.25) is 4.79 Å². The van der Waals surface area contributed by atoms with Crippen LogP contribution >= 0.6 is 27.7 Å². The number of fused-ring (bicyclic) bond motifs is 2. The topological polar surface area (TPSA) is 20.3 Å². The van der Waals surface area contributed by atoms with Crippen molar-refractivity contribution in [1.82, 2.24) is 0 Å². The summed E-state index contributed by atoms with van der Waals surface area (Å²) in [5.74, 6) is 0.0269. The summed E-state index contributed by atoms with van der Waals surface area (Å²) in [6.45, 7) is 0. The molecule has 0 N–H and O–H groups in total. The Morgan fingerprint density at radius 1 is 0.655 bits per heavy atom. The van der Waals surface area contributed by atoms with Crippen molar-refractivity contribution in [2.45, 2.75) is 9.79 Å². The van der Waals surface area contributed by atoms with E-state index in [0.717, 1.165) is 21.5 Å². The smallest absolute Gasteiger partial charge is 0.193 e. The summed E-state index contributed by atoms with van der Waals surface area (Å²) in [7, 11) is 0. The Balaban J connectivity index is 1.54. The average Bonchev–Trinajstić information content (AvgIpc) is 2.77. The first-order valence-electron chi connectivity index (χ1n) is 9.27. The molecule has 0 spiro atoms. The molecule has 2 nitrogen and oxygen atoms in total. The third-order valence-corrected chi connectivity index (χ3v) is 6.59. The van der Waals surface area contributed by atoms with Crippen molar-refractivity contribution in [1.29, 1.82) is 0 Å². The molecule has 1 heterocycles. The van der Waals surface area contributed by atoms with Crippen LogP contribution in [-0.4, -0.2) is 5.78 Å². The first-order valence-corrected chi connectivity index (χ1v) is 10.9. The molecule has 4 heteroatoms. The number of rotatable bonds is 3. The predicted octanol–water partition coefficient (Wildman–Crippen LogP) is 7.61. The zero-order valence-corrected chi connectivity index (χ0v) is 17.8. The molecule has 0 radical (unpaired) electrons. The minimum Gasteiger partial charge on any atom is -0.308 e. The van der Waals surface area contributed by atoms with Crippen molar-refractivity contribution in [3.8, 4) is 0 Å². The Bertz CT molecular complexity index is 1160. The molecule has 0 fully saturated rings. The van der Waals surface area contributed by atoms with Crippen LogP contribution in [0.1, 0.15) is 15.9 Å². The van der Waals surface area contributed by atoms with Crippen LogP contribution in [0.3, 0.4) is 0 Å². The van der Waals surface area contributed by atoms with Gasteiger partial charge in [0.25, 0.3) is 0 Å². The van der Waals surface area contributed by atoms with Crippen LogP contribution in [0, 0.1) is 0 Å². The van der Waals surface area contributed by atoms with Crippen LogP contribution in [-0.2, 0) is 0 Å². The molecule has 0 atom stereocenters.